The fourth-order valence-corrected chi connectivity index (χ4v) is 2.75. The first kappa shape index (κ1) is 13.3. The molecule has 18 heavy (non-hydrogen) atoms. The molecule has 0 bridgehead atoms. The molecule has 0 aromatic heterocycles. The summed E-state index contributed by atoms with van der Waals surface area (Å²) in [6.45, 7) is 2.88. The van der Waals surface area contributed by atoms with Crippen LogP contribution in [0, 0.1) is 0 Å². The highest BCUT2D eigenvalue weighted by molar-refractivity contribution is 5.95. The van der Waals surface area contributed by atoms with Crippen LogP contribution in [0.1, 0.15) is 45.4 Å². The van der Waals surface area contributed by atoms with Gasteiger partial charge in [0.15, 0.2) is 11.4 Å². The molecule has 1 unspecified atom stereocenters. The van der Waals surface area contributed by atoms with Crippen LogP contribution in [-0.2, 0) is 14.3 Å². The number of ether oxygens (including phenoxy) is 2. The fraction of sp³-hybridized carbons (Fsp3) is 0.667. The molecular formula is C15H22O3. The standard InChI is InChI=1S/C15H22O3/c1-3-4-7-12-10-13(16)11-15(12,17-2)14-8-5-6-9-18-14/h8,10H,3-7,9,11H2,1-2H3. The van der Waals surface area contributed by atoms with Gasteiger partial charge < -0.3 is 9.47 Å². The smallest absolute Gasteiger partial charge is 0.159 e. The van der Waals surface area contributed by atoms with E-state index in [1.54, 1.807) is 13.2 Å². The Bertz CT molecular complexity index is 381. The molecule has 0 radical (unpaired) electrons. The highest BCUT2D eigenvalue weighted by Crippen LogP contribution is 2.42. The van der Waals surface area contributed by atoms with E-state index < -0.39 is 5.60 Å². The van der Waals surface area contributed by atoms with Gasteiger partial charge in [-0.25, -0.2) is 0 Å². The van der Waals surface area contributed by atoms with Crippen molar-refractivity contribution in [3.05, 3.63) is 23.5 Å². The van der Waals surface area contributed by atoms with Gasteiger partial charge in [-0.1, -0.05) is 13.3 Å². The van der Waals surface area contributed by atoms with Gasteiger partial charge in [0.25, 0.3) is 0 Å². The molecule has 3 heteroatoms. The van der Waals surface area contributed by atoms with E-state index in [0.717, 1.165) is 50.0 Å². The maximum absolute atomic E-state index is 11.8. The lowest BCUT2D eigenvalue weighted by Crippen LogP contribution is -2.36. The van der Waals surface area contributed by atoms with Gasteiger partial charge in [-0.3, -0.25) is 4.79 Å². The Hall–Kier alpha value is -1.09. The van der Waals surface area contributed by atoms with Crippen molar-refractivity contribution in [1.29, 1.82) is 0 Å². The quantitative estimate of drug-likeness (QED) is 0.752. The van der Waals surface area contributed by atoms with Crippen molar-refractivity contribution in [2.24, 2.45) is 0 Å². The van der Waals surface area contributed by atoms with E-state index in [4.69, 9.17) is 9.47 Å². The molecule has 0 amide bonds. The Morgan fingerprint density at radius 3 is 2.94 bits per heavy atom. The maximum Gasteiger partial charge on any atom is 0.159 e. The number of unbranched alkanes of at least 4 members (excludes halogenated alkanes) is 1. The first-order valence-corrected chi connectivity index (χ1v) is 6.85. The molecular weight excluding hydrogens is 228 g/mol. The average Bonchev–Trinajstić information content (AvgIpc) is 2.74. The van der Waals surface area contributed by atoms with Crippen LogP contribution in [0.2, 0.25) is 0 Å². The van der Waals surface area contributed by atoms with Crippen molar-refractivity contribution in [3.8, 4) is 0 Å². The van der Waals surface area contributed by atoms with E-state index >= 15 is 0 Å². The van der Waals surface area contributed by atoms with Gasteiger partial charge in [0, 0.05) is 7.11 Å². The Kier molecular flexibility index (Phi) is 4.23. The Labute approximate surface area is 109 Å². The SMILES string of the molecule is CCCCC1=CC(=O)CC1(OC)C1=CCCCO1. The van der Waals surface area contributed by atoms with Crippen molar-refractivity contribution >= 4 is 5.78 Å². The number of ketones is 1. The third-order valence-electron chi connectivity index (χ3n) is 3.76. The minimum atomic E-state index is -0.604. The lowest BCUT2D eigenvalue weighted by molar-refractivity contribution is -0.117. The summed E-state index contributed by atoms with van der Waals surface area (Å²) in [5.74, 6) is 1.00. The largest absolute Gasteiger partial charge is 0.495 e. The third-order valence-corrected chi connectivity index (χ3v) is 3.76. The van der Waals surface area contributed by atoms with Crippen molar-refractivity contribution in [2.75, 3.05) is 13.7 Å². The minimum Gasteiger partial charge on any atom is -0.495 e. The second-order valence-corrected chi connectivity index (χ2v) is 5.01. The van der Waals surface area contributed by atoms with Crippen LogP contribution in [0.3, 0.4) is 0 Å². The summed E-state index contributed by atoms with van der Waals surface area (Å²) in [6.07, 6.45) is 9.41. The van der Waals surface area contributed by atoms with Crippen LogP contribution in [0.5, 0.6) is 0 Å². The molecule has 0 aromatic rings. The Balaban J connectivity index is 2.26. The molecule has 2 rings (SSSR count). The Morgan fingerprint density at radius 1 is 1.50 bits per heavy atom. The van der Waals surface area contributed by atoms with Crippen molar-refractivity contribution < 1.29 is 14.3 Å². The van der Waals surface area contributed by atoms with Crippen molar-refractivity contribution in [3.63, 3.8) is 0 Å². The molecule has 0 saturated heterocycles. The number of allylic oxidation sites excluding steroid dienone is 2. The number of methoxy groups -OCH3 is 1. The number of carbonyl (C=O) groups excluding carboxylic acids is 1. The molecule has 1 aliphatic heterocycles. The highest BCUT2D eigenvalue weighted by atomic mass is 16.5. The van der Waals surface area contributed by atoms with Gasteiger partial charge in [-0.2, -0.15) is 0 Å². The second kappa shape index (κ2) is 5.70. The summed E-state index contributed by atoms with van der Waals surface area (Å²) in [4.78, 5) is 11.8. The molecule has 2 aliphatic rings. The Morgan fingerprint density at radius 2 is 2.33 bits per heavy atom. The van der Waals surface area contributed by atoms with Gasteiger partial charge in [0.05, 0.1) is 13.0 Å². The number of hydrogen-bond acceptors (Lipinski definition) is 3. The van der Waals surface area contributed by atoms with E-state index in [1.807, 2.05) is 0 Å². The van der Waals surface area contributed by atoms with E-state index in [0.29, 0.717) is 6.42 Å². The molecule has 0 N–H and O–H groups in total. The predicted octanol–water partition coefficient (Wildman–Crippen LogP) is 3.16. The molecule has 0 saturated carbocycles. The van der Waals surface area contributed by atoms with Gasteiger partial charge >= 0.3 is 0 Å². The van der Waals surface area contributed by atoms with E-state index in [2.05, 4.69) is 13.0 Å². The molecule has 0 spiro atoms. The summed E-state index contributed by atoms with van der Waals surface area (Å²) < 4.78 is 11.5. The number of hydrogen-bond donors (Lipinski definition) is 0. The normalized spacial score (nSPS) is 27.8. The van der Waals surface area contributed by atoms with Crippen LogP contribution in [0.25, 0.3) is 0 Å². The molecule has 100 valence electrons. The summed E-state index contributed by atoms with van der Waals surface area (Å²) in [7, 11) is 1.68. The first-order chi connectivity index (χ1) is 8.73. The van der Waals surface area contributed by atoms with Crippen LogP contribution in [0.4, 0.5) is 0 Å². The molecule has 1 atom stereocenters. The monoisotopic (exact) mass is 250 g/mol. The zero-order valence-corrected chi connectivity index (χ0v) is 11.3. The van der Waals surface area contributed by atoms with Gasteiger partial charge in [0.1, 0.15) is 5.76 Å². The topological polar surface area (TPSA) is 35.5 Å². The second-order valence-electron chi connectivity index (χ2n) is 5.01. The first-order valence-electron chi connectivity index (χ1n) is 6.85. The third kappa shape index (κ3) is 2.37. The molecule has 0 aromatic carbocycles. The molecule has 1 heterocycles. The van der Waals surface area contributed by atoms with Crippen molar-refractivity contribution in [2.45, 2.75) is 51.0 Å². The lowest BCUT2D eigenvalue weighted by Gasteiger charge is -2.34. The zero-order valence-electron chi connectivity index (χ0n) is 11.3. The maximum atomic E-state index is 11.8. The van der Waals surface area contributed by atoms with E-state index in [9.17, 15) is 4.79 Å². The molecule has 0 fully saturated rings. The lowest BCUT2D eigenvalue weighted by atomic mass is 9.88. The summed E-state index contributed by atoms with van der Waals surface area (Å²) in [5.41, 5.74) is 0.483. The minimum absolute atomic E-state index is 0.151. The van der Waals surface area contributed by atoms with Crippen LogP contribution in [0.15, 0.2) is 23.5 Å². The van der Waals surface area contributed by atoms with Gasteiger partial charge in [0.2, 0.25) is 0 Å². The summed E-state index contributed by atoms with van der Waals surface area (Å²) >= 11 is 0. The summed E-state index contributed by atoms with van der Waals surface area (Å²) in [6, 6.07) is 0. The zero-order chi connectivity index (χ0) is 13.0. The predicted molar refractivity (Wildman–Crippen MR) is 70.2 cm³/mol. The van der Waals surface area contributed by atoms with Crippen LogP contribution < -0.4 is 0 Å². The summed E-state index contributed by atoms with van der Waals surface area (Å²) in [5, 5.41) is 0. The van der Waals surface area contributed by atoms with Crippen LogP contribution >= 0.6 is 0 Å². The fourth-order valence-electron chi connectivity index (χ4n) is 2.75. The average molecular weight is 250 g/mol. The van der Waals surface area contributed by atoms with Crippen molar-refractivity contribution in [1.82, 2.24) is 0 Å². The number of rotatable bonds is 5. The molecule has 3 nitrogen and oxygen atoms in total. The molecule has 1 aliphatic carbocycles. The highest BCUT2D eigenvalue weighted by Gasteiger charge is 2.45. The van der Waals surface area contributed by atoms with Crippen LogP contribution in [-0.4, -0.2) is 25.1 Å². The van der Waals surface area contributed by atoms with E-state index in [-0.39, 0.29) is 5.78 Å². The van der Waals surface area contributed by atoms with E-state index in [1.165, 1.54) is 0 Å². The van der Waals surface area contributed by atoms with Gasteiger partial charge in [-0.05, 0) is 43.4 Å². The van der Waals surface area contributed by atoms with Gasteiger partial charge in [-0.15, -0.1) is 0 Å². The number of carbonyl (C=O) groups is 1.